The Bertz CT molecular complexity index is 607. The maximum absolute atomic E-state index is 12.2. The first-order valence-electron chi connectivity index (χ1n) is 7.21. The van der Waals surface area contributed by atoms with E-state index in [1.807, 2.05) is 12.1 Å². The molecule has 0 bridgehead atoms. The van der Waals surface area contributed by atoms with E-state index in [2.05, 4.69) is 11.8 Å². The minimum atomic E-state index is -3.37. The molecule has 0 amide bonds. The van der Waals surface area contributed by atoms with Gasteiger partial charge in [0.1, 0.15) is 0 Å². The summed E-state index contributed by atoms with van der Waals surface area (Å²) in [5.41, 5.74) is 7.04. The van der Waals surface area contributed by atoms with Gasteiger partial charge in [-0.2, -0.15) is 0 Å². The molecule has 1 aliphatic rings. The number of halogens is 1. The first kappa shape index (κ1) is 19.4. The maximum Gasteiger partial charge on any atom is 0.242 e. The van der Waals surface area contributed by atoms with E-state index in [1.165, 1.54) is 4.31 Å². The summed E-state index contributed by atoms with van der Waals surface area (Å²) in [6.45, 7) is 5.65. The van der Waals surface area contributed by atoms with Gasteiger partial charge in [-0.15, -0.1) is 12.4 Å². The summed E-state index contributed by atoms with van der Waals surface area (Å²) in [6.07, 6.45) is 1.10. The number of nitrogens with two attached hydrogens (primary N) is 1. The first-order chi connectivity index (χ1) is 9.77. The lowest BCUT2D eigenvalue weighted by Crippen LogP contribution is -2.31. The zero-order chi connectivity index (χ0) is 15.7. The van der Waals surface area contributed by atoms with Crippen molar-refractivity contribution >= 4 is 22.4 Å². The molecule has 5 nitrogen and oxygen atoms in total. The van der Waals surface area contributed by atoms with Crippen molar-refractivity contribution in [3.8, 4) is 0 Å². The van der Waals surface area contributed by atoms with E-state index in [-0.39, 0.29) is 17.8 Å². The number of nitrogens with zero attached hydrogens (tertiary/aromatic N) is 2. The highest BCUT2D eigenvalue weighted by atomic mass is 35.5. The van der Waals surface area contributed by atoms with Crippen molar-refractivity contribution in [3.63, 3.8) is 0 Å². The molecule has 0 spiro atoms. The van der Waals surface area contributed by atoms with Crippen LogP contribution in [0, 0.1) is 5.41 Å². The number of likely N-dealkylation sites (tertiary alicyclic amines) is 1. The van der Waals surface area contributed by atoms with E-state index in [1.54, 1.807) is 26.2 Å². The Balaban J connectivity index is 0.00000242. The largest absolute Gasteiger partial charge is 0.330 e. The maximum atomic E-state index is 12.2. The van der Waals surface area contributed by atoms with E-state index in [0.29, 0.717) is 11.4 Å². The van der Waals surface area contributed by atoms with Crippen molar-refractivity contribution in [1.29, 1.82) is 0 Å². The van der Waals surface area contributed by atoms with Gasteiger partial charge in [0, 0.05) is 27.2 Å². The molecular formula is C15H26ClN3O2S. The molecular weight excluding hydrogens is 322 g/mol. The summed E-state index contributed by atoms with van der Waals surface area (Å²) in [6, 6.07) is 7.21. The average Bonchev–Trinajstić information content (AvgIpc) is 2.81. The fraction of sp³-hybridized carbons (Fsp3) is 0.600. The molecule has 1 aromatic rings. The molecule has 7 heteroatoms. The van der Waals surface area contributed by atoms with Crippen LogP contribution in [0.15, 0.2) is 29.2 Å². The van der Waals surface area contributed by atoms with Crippen molar-refractivity contribution in [2.45, 2.75) is 24.8 Å². The fourth-order valence-corrected chi connectivity index (χ4v) is 3.67. The quantitative estimate of drug-likeness (QED) is 0.877. The minimum absolute atomic E-state index is 0. The normalized spacial score (nSPS) is 22.8. The highest BCUT2D eigenvalue weighted by Gasteiger charge is 2.32. The third-order valence-electron chi connectivity index (χ3n) is 4.21. The highest BCUT2D eigenvalue weighted by Crippen LogP contribution is 2.29. The van der Waals surface area contributed by atoms with Crippen LogP contribution >= 0.6 is 12.4 Å². The molecule has 2 N–H and O–H groups in total. The van der Waals surface area contributed by atoms with Crippen LogP contribution in [0.2, 0.25) is 0 Å². The summed E-state index contributed by atoms with van der Waals surface area (Å²) in [7, 11) is -0.264. The Labute approximate surface area is 139 Å². The van der Waals surface area contributed by atoms with E-state index >= 15 is 0 Å². The van der Waals surface area contributed by atoms with Gasteiger partial charge in [-0.1, -0.05) is 19.1 Å². The number of hydrogen-bond acceptors (Lipinski definition) is 4. The van der Waals surface area contributed by atoms with E-state index in [4.69, 9.17) is 5.73 Å². The molecule has 1 fully saturated rings. The monoisotopic (exact) mass is 347 g/mol. The lowest BCUT2D eigenvalue weighted by molar-refractivity contribution is 0.274. The van der Waals surface area contributed by atoms with Crippen LogP contribution in [0.1, 0.15) is 18.9 Å². The second-order valence-corrected chi connectivity index (χ2v) is 8.56. The van der Waals surface area contributed by atoms with Gasteiger partial charge in [0.05, 0.1) is 4.90 Å². The molecule has 22 heavy (non-hydrogen) atoms. The Morgan fingerprint density at radius 1 is 1.36 bits per heavy atom. The molecule has 0 radical (unpaired) electrons. The zero-order valence-corrected chi connectivity index (χ0v) is 15.1. The van der Waals surface area contributed by atoms with Crippen molar-refractivity contribution in [3.05, 3.63) is 29.8 Å². The Kier molecular flexibility index (Phi) is 6.41. The second kappa shape index (κ2) is 7.27. The molecule has 0 aliphatic carbocycles. The lowest BCUT2D eigenvalue weighted by Gasteiger charge is -2.22. The number of sulfonamides is 1. The van der Waals surface area contributed by atoms with Crippen LogP contribution in [-0.2, 0) is 16.6 Å². The number of hydrogen-bond donors (Lipinski definition) is 1. The van der Waals surface area contributed by atoms with E-state index in [9.17, 15) is 8.42 Å². The van der Waals surface area contributed by atoms with Crippen molar-refractivity contribution in [2.75, 3.05) is 33.7 Å². The molecule has 126 valence electrons. The molecule has 1 atom stereocenters. The predicted octanol–water partition coefficient (Wildman–Crippen LogP) is 1.53. The SMILES string of the molecule is CN(C)S(=O)(=O)c1cccc(CN2CCC(C)(CN)C2)c1.Cl. The lowest BCUT2D eigenvalue weighted by atomic mass is 9.90. The molecule has 0 saturated carbocycles. The third kappa shape index (κ3) is 4.20. The summed E-state index contributed by atoms with van der Waals surface area (Å²) >= 11 is 0. The molecule has 0 aromatic heterocycles. The van der Waals surface area contributed by atoms with Crippen molar-refractivity contribution < 1.29 is 8.42 Å². The van der Waals surface area contributed by atoms with Gasteiger partial charge < -0.3 is 5.73 Å². The van der Waals surface area contributed by atoms with Crippen molar-refractivity contribution in [1.82, 2.24) is 9.21 Å². The van der Waals surface area contributed by atoms with Gasteiger partial charge in [0.15, 0.2) is 0 Å². The van der Waals surface area contributed by atoms with Gasteiger partial charge in [-0.3, -0.25) is 4.90 Å². The van der Waals surface area contributed by atoms with Crippen molar-refractivity contribution in [2.24, 2.45) is 11.1 Å². The average molecular weight is 348 g/mol. The van der Waals surface area contributed by atoms with Gasteiger partial charge in [-0.25, -0.2) is 12.7 Å². The van der Waals surface area contributed by atoms with Gasteiger partial charge in [0.25, 0.3) is 0 Å². The molecule has 2 rings (SSSR count). The van der Waals surface area contributed by atoms with Crippen LogP contribution < -0.4 is 5.73 Å². The summed E-state index contributed by atoms with van der Waals surface area (Å²) < 4.78 is 25.6. The highest BCUT2D eigenvalue weighted by molar-refractivity contribution is 7.89. The summed E-state index contributed by atoms with van der Waals surface area (Å²) in [4.78, 5) is 2.69. The molecule has 1 heterocycles. The first-order valence-corrected chi connectivity index (χ1v) is 8.65. The minimum Gasteiger partial charge on any atom is -0.330 e. The zero-order valence-electron chi connectivity index (χ0n) is 13.4. The Morgan fingerprint density at radius 2 is 2.05 bits per heavy atom. The number of benzene rings is 1. The predicted molar refractivity (Wildman–Crippen MR) is 91.6 cm³/mol. The van der Waals surface area contributed by atoms with Gasteiger partial charge >= 0.3 is 0 Å². The number of rotatable bonds is 5. The fourth-order valence-electron chi connectivity index (χ4n) is 2.70. The summed E-state index contributed by atoms with van der Waals surface area (Å²) in [5.74, 6) is 0. The van der Waals surface area contributed by atoms with E-state index < -0.39 is 10.0 Å². The second-order valence-electron chi connectivity index (χ2n) is 6.41. The Morgan fingerprint density at radius 3 is 2.59 bits per heavy atom. The molecule has 1 aliphatic heterocycles. The topological polar surface area (TPSA) is 66.6 Å². The van der Waals surface area contributed by atoms with E-state index in [0.717, 1.165) is 31.6 Å². The van der Waals surface area contributed by atoms with Crippen LogP contribution in [-0.4, -0.2) is 51.4 Å². The standard InChI is InChI=1S/C15H25N3O2S.ClH/c1-15(11-16)7-8-18(12-15)10-13-5-4-6-14(9-13)21(19,20)17(2)3;/h4-6,9H,7-8,10-12,16H2,1-3H3;1H. The third-order valence-corrected chi connectivity index (χ3v) is 6.02. The molecule has 1 unspecified atom stereocenters. The molecule has 1 saturated heterocycles. The van der Waals surface area contributed by atoms with Gasteiger partial charge in [0.2, 0.25) is 10.0 Å². The Hall–Kier alpha value is -0.660. The smallest absolute Gasteiger partial charge is 0.242 e. The summed E-state index contributed by atoms with van der Waals surface area (Å²) in [5, 5.41) is 0. The van der Waals surface area contributed by atoms with Crippen LogP contribution in [0.25, 0.3) is 0 Å². The van der Waals surface area contributed by atoms with Gasteiger partial charge in [-0.05, 0) is 42.6 Å². The van der Waals surface area contributed by atoms with Crippen LogP contribution in [0.3, 0.4) is 0 Å². The van der Waals surface area contributed by atoms with Crippen LogP contribution in [0.4, 0.5) is 0 Å². The molecule has 1 aromatic carbocycles. The van der Waals surface area contributed by atoms with Crippen LogP contribution in [0.5, 0.6) is 0 Å².